The van der Waals surface area contributed by atoms with E-state index >= 15 is 0 Å². The third-order valence-electron chi connectivity index (χ3n) is 2.11. The van der Waals surface area contributed by atoms with Crippen molar-refractivity contribution in [3.05, 3.63) is 0 Å². The van der Waals surface area contributed by atoms with Gasteiger partial charge in [-0.3, -0.25) is 9.59 Å². The SMILES string of the molecule is O=C(O)CCCCC(=O)OCCOCCOCCI. The highest BCUT2D eigenvalue weighted by atomic mass is 127. The number of carboxylic acid groups (broad SMARTS) is 1. The number of ether oxygens (including phenoxy) is 3. The average Bonchev–Trinajstić information content (AvgIpc) is 2.37. The summed E-state index contributed by atoms with van der Waals surface area (Å²) < 4.78 is 16.3. The highest BCUT2D eigenvalue weighted by Crippen LogP contribution is 2.01. The molecule has 0 heterocycles. The zero-order valence-electron chi connectivity index (χ0n) is 10.9. The van der Waals surface area contributed by atoms with Crippen LogP contribution in [0.1, 0.15) is 25.7 Å². The monoisotopic (exact) mass is 388 g/mol. The van der Waals surface area contributed by atoms with Crippen molar-refractivity contribution in [2.45, 2.75) is 25.7 Å². The Hall–Kier alpha value is -0.410. The Bertz CT molecular complexity index is 246. The molecule has 7 heteroatoms. The fourth-order valence-corrected chi connectivity index (χ4v) is 1.52. The predicted molar refractivity (Wildman–Crippen MR) is 77.6 cm³/mol. The minimum Gasteiger partial charge on any atom is -0.481 e. The molecule has 0 spiro atoms. The number of carbonyl (C=O) groups excluding carboxylic acids is 1. The Labute approximate surface area is 126 Å². The van der Waals surface area contributed by atoms with E-state index in [9.17, 15) is 9.59 Å². The van der Waals surface area contributed by atoms with Gasteiger partial charge in [0.25, 0.3) is 0 Å². The molecule has 0 unspecified atom stereocenters. The van der Waals surface area contributed by atoms with Gasteiger partial charge in [0.15, 0.2) is 0 Å². The van der Waals surface area contributed by atoms with Gasteiger partial charge in [-0.25, -0.2) is 0 Å². The van der Waals surface area contributed by atoms with Crippen LogP contribution in [0, 0.1) is 0 Å². The summed E-state index contributed by atoms with van der Waals surface area (Å²) in [5, 5.41) is 8.41. The molecule has 112 valence electrons. The lowest BCUT2D eigenvalue weighted by molar-refractivity contribution is -0.146. The van der Waals surface area contributed by atoms with Crippen LogP contribution < -0.4 is 0 Å². The third-order valence-corrected chi connectivity index (χ3v) is 2.55. The maximum atomic E-state index is 11.2. The van der Waals surface area contributed by atoms with Crippen molar-refractivity contribution < 1.29 is 28.9 Å². The molecule has 0 rings (SSSR count). The molecule has 19 heavy (non-hydrogen) atoms. The summed E-state index contributed by atoms with van der Waals surface area (Å²) in [6.07, 6.45) is 1.38. The van der Waals surface area contributed by atoms with Crippen molar-refractivity contribution >= 4 is 34.5 Å². The molecular weight excluding hydrogens is 367 g/mol. The van der Waals surface area contributed by atoms with Gasteiger partial charge in [0.05, 0.1) is 26.4 Å². The van der Waals surface area contributed by atoms with E-state index in [1.165, 1.54) is 0 Å². The van der Waals surface area contributed by atoms with Gasteiger partial charge < -0.3 is 19.3 Å². The first-order valence-corrected chi connectivity index (χ1v) is 7.78. The fraction of sp³-hybridized carbons (Fsp3) is 0.833. The van der Waals surface area contributed by atoms with E-state index in [2.05, 4.69) is 22.6 Å². The normalized spacial score (nSPS) is 10.4. The van der Waals surface area contributed by atoms with E-state index in [0.717, 1.165) is 11.0 Å². The maximum absolute atomic E-state index is 11.2. The van der Waals surface area contributed by atoms with Crippen molar-refractivity contribution in [2.24, 2.45) is 0 Å². The van der Waals surface area contributed by atoms with E-state index in [0.29, 0.717) is 32.7 Å². The van der Waals surface area contributed by atoms with E-state index in [-0.39, 0.29) is 25.4 Å². The number of halogens is 1. The summed E-state index contributed by atoms with van der Waals surface area (Å²) in [6.45, 7) is 2.34. The van der Waals surface area contributed by atoms with E-state index < -0.39 is 5.97 Å². The number of aliphatic carboxylic acids is 1. The standard InChI is InChI=1S/C12H21IO6/c13-5-6-17-7-8-18-9-10-19-12(16)4-2-1-3-11(14)15/h1-10H2,(H,14,15). The second-order valence-corrected chi connectivity index (χ2v) is 4.81. The number of hydrogen-bond donors (Lipinski definition) is 1. The number of carbonyl (C=O) groups is 2. The van der Waals surface area contributed by atoms with Crippen molar-refractivity contribution in [1.82, 2.24) is 0 Å². The molecule has 0 radical (unpaired) electrons. The topological polar surface area (TPSA) is 82.1 Å². The lowest BCUT2D eigenvalue weighted by Crippen LogP contribution is -2.13. The van der Waals surface area contributed by atoms with Crippen molar-refractivity contribution in [3.8, 4) is 0 Å². The van der Waals surface area contributed by atoms with Crippen LogP contribution in [0.15, 0.2) is 0 Å². The number of alkyl halides is 1. The summed E-state index contributed by atoms with van der Waals surface area (Å²) in [6, 6.07) is 0. The number of rotatable bonds is 13. The van der Waals surface area contributed by atoms with Crippen LogP contribution >= 0.6 is 22.6 Å². The van der Waals surface area contributed by atoms with Crippen molar-refractivity contribution in [1.29, 1.82) is 0 Å². The molecule has 0 atom stereocenters. The third kappa shape index (κ3) is 15.5. The molecule has 0 aromatic carbocycles. The van der Waals surface area contributed by atoms with Gasteiger partial charge in [0.1, 0.15) is 6.61 Å². The Kier molecular flexibility index (Phi) is 13.7. The van der Waals surface area contributed by atoms with Gasteiger partial charge in [-0.1, -0.05) is 22.6 Å². The van der Waals surface area contributed by atoms with Gasteiger partial charge >= 0.3 is 11.9 Å². The second-order valence-electron chi connectivity index (χ2n) is 3.74. The highest BCUT2D eigenvalue weighted by molar-refractivity contribution is 14.1. The van der Waals surface area contributed by atoms with Crippen LogP contribution in [0.5, 0.6) is 0 Å². The Balaban J connectivity index is 3.18. The van der Waals surface area contributed by atoms with Gasteiger partial charge in [-0.2, -0.15) is 0 Å². The van der Waals surface area contributed by atoms with E-state index in [1.54, 1.807) is 0 Å². The molecule has 0 aromatic rings. The molecule has 1 N–H and O–H groups in total. The van der Waals surface area contributed by atoms with Crippen LogP contribution in [-0.2, 0) is 23.8 Å². The summed E-state index contributed by atoms with van der Waals surface area (Å²) >= 11 is 2.23. The summed E-state index contributed by atoms with van der Waals surface area (Å²) in [5.41, 5.74) is 0. The molecule has 0 saturated heterocycles. The molecule has 0 aliphatic rings. The minimum absolute atomic E-state index is 0.0909. The molecule has 0 aliphatic carbocycles. The molecule has 0 saturated carbocycles. The van der Waals surface area contributed by atoms with Crippen molar-refractivity contribution in [2.75, 3.05) is 37.5 Å². The Morgan fingerprint density at radius 2 is 1.47 bits per heavy atom. The molecule has 0 aromatic heterocycles. The summed E-state index contributed by atoms with van der Waals surface area (Å²) in [5.74, 6) is -1.15. The first-order valence-electron chi connectivity index (χ1n) is 6.25. The number of esters is 1. The van der Waals surface area contributed by atoms with E-state index in [1.807, 2.05) is 0 Å². The molecule has 0 amide bonds. The van der Waals surface area contributed by atoms with Gasteiger partial charge in [-0.05, 0) is 12.8 Å². The number of unbranched alkanes of at least 4 members (excludes halogenated alkanes) is 1. The molecular formula is C12H21IO6. The summed E-state index contributed by atoms with van der Waals surface area (Å²) in [4.78, 5) is 21.4. The predicted octanol–water partition coefficient (Wildman–Crippen LogP) is 1.64. The Morgan fingerprint density at radius 1 is 0.895 bits per heavy atom. The smallest absolute Gasteiger partial charge is 0.305 e. The van der Waals surface area contributed by atoms with Crippen LogP contribution in [0.4, 0.5) is 0 Å². The van der Waals surface area contributed by atoms with Gasteiger partial charge in [0.2, 0.25) is 0 Å². The van der Waals surface area contributed by atoms with Crippen LogP contribution in [0.25, 0.3) is 0 Å². The average molecular weight is 388 g/mol. The first-order chi connectivity index (χ1) is 9.16. The number of carboxylic acids is 1. The van der Waals surface area contributed by atoms with Crippen molar-refractivity contribution in [3.63, 3.8) is 0 Å². The maximum Gasteiger partial charge on any atom is 0.305 e. The first kappa shape index (κ1) is 18.6. The fourth-order valence-electron chi connectivity index (χ4n) is 1.21. The highest BCUT2D eigenvalue weighted by Gasteiger charge is 2.03. The Morgan fingerprint density at radius 3 is 2.11 bits per heavy atom. The molecule has 6 nitrogen and oxygen atoms in total. The zero-order chi connectivity index (χ0) is 14.3. The molecule has 0 fully saturated rings. The lowest BCUT2D eigenvalue weighted by Gasteiger charge is -2.06. The lowest BCUT2D eigenvalue weighted by atomic mass is 10.2. The minimum atomic E-state index is -0.841. The van der Waals surface area contributed by atoms with Crippen LogP contribution in [0.2, 0.25) is 0 Å². The van der Waals surface area contributed by atoms with Gasteiger partial charge in [0, 0.05) is 17.3 Å². The summed E-state index contributed by atoms with van der Waals surface area (Å²) in [7, 11) is 0. The zero-order valence-corrected chi connectivity index (χ0v) is 13.1. The quantitative estimate of drug-likeness (QED) is 0.224. The van der Waals surface area contributed by atoms with E-state index in [4.69, 9.17) is 19.3 Å². The van der Waals surface area contributed by atoms with Gasteiger partial charge in [-0.15, -0.1) is 0 Å². The van der Waals surface area contributed by atoms with Crippen LogP contribution in [0.3, 0.4) is 0 Å². The largest absolute Gasteiger partial charge is 0.481 e. The van der Waals surface area contributed by atoms with Crippen LogP contribution in [-0.4, -0.2) is 54.5 Å². The molecule has 0 bridgehead atoms. The number of hydrogen-bond acceptors (Lipinski definition) is 5. The second kappa shape index (κ2) is 14.0. The molecule has 0 aliphatic heterocycles.